The molecule has 0 amide bonds. The number of rotatable bonds is 3. The number of hydrogen-bond donors (Lipinski definition) is 1. The van der Waals surface area contributed by atoms with Crippen molar-refractivity contribution in [1.29, 1.82) is 0 Å². The van der Waals surface area contributed by atoms with Gasteiger partial charge < -0.3 is 9.47 Å². The predicted molar refractivity (Wildman–Crippen MR) is 77.0 cm³/mol. The number of nitrogens with one attached hydrogen (secondary N) is 1. The summed E-state index contributed by atoms with van der Waals surface area (Å²) in [6.07, 6.45) is 0.576. The smallest absolute Gasteiger partial charge is 0.359 e. The Morgan fingerprint density at radius 2 is 2.19 bits per heavy atom. The second-order valence-electron chi connectivity index (χ2n) is 5.16. The lowest BCUT2D eigenvalue weighted by molar-refractivity contribution is 0.0249. The second kappa shape index (κ2) is 5.69. The molecule has 0 aliphatic carbocycles. The summed E-state index contributed by atoms with van der Waals surface area (Å²) in [6.45, 7) is 4.62. The van der Waals surface area contributed by atoms with Crippen molar-refractivity contribution in [2.75, 3.05) is 6.61 Å². The van der Waals surface area contributed by atoms with Crippen molar-refractivity contribution in [1.82, 2.24) is 10.2 Å². The van der Waals surface area contributed by atoms with E-state index < -0.39 is 0 Å². The van der Waals surface area contributed by atoms with Gasteiger partial charge in [0, 0.05) is 12.0 Å². The normalized spacial score (nSPS) is 17.3. The van der Waals surface area contributed by atoms with Gasteiger partial charge in [-0.15, -0.1) is 0 Å². The number of H-pyrrole nitrogens is 1. The molecule has 0 saturated heterocycles. The van der Waals surface area contributed by atoms with Crippen molar-refractivity contribution >= 4 is 5.97 Å². The number of ether oxygens (including phenoxy) is 2. The summed E-state index contributed by atoms with van der Waals surface area (Å²) in [7, 11) is 0. The third kappa shape index (κ3) is 2.69. The van der Waals surface area contributed by atoms with Crippen LogP contribution >= 0.6 is 0 Å². The third-order valence-corrected chi connectivity index (χ3v) is 3.69. The zero-order chi connectivity index (χ0) is 14.8. The Morgan fingerprint density at radius 1 is 1.43 bits per heavy atom. The van der Waals surface area contributed by atoms with E-state index >= 15 is 0 Å². The lowest BCUT2D eigenvalue weighted by atomic mass is 9.97. The molecular weight excluding hydrogens is 268 g/mol. The molecule has 0 fully saturated rings. The minimum absolute atomic E-state index is 0.0520. The van der Waals surface area contributed by atoms with Gasteiger partial charge >= 0.3 is 5.97 Å². The third-order valence-electron chi connectivity index (χ3n) is 3.69. The minimum Gasteiger partial charge on any atom is -0.461 e. The predicted octanol–water partition coefficient (Wildman–Crippen LogP) is 2.71. The number of hydrogen-bond acceptors (Lipinski definition) is 4. The van der Waals surface area contributed by atoms with Crippen LogP contribution in [0.25, 0.3) is 0 Å². The molecule has 0 spiro atoms. The maximum Gasteiger partial charge on any atom is 0.359 e. The number of fused-ring (bicyclic) bond motifs is 1. The molecule has 21 heavy (non-hydrogen) atoms. The first-order valence-electron chi connectivity index (χ1n) is 7.10. The Balaban J connectivity index is 1.85. The molecule has 1 N–H and O–H groups in total. The Morgan fingerprint density at radius 3 is 2.90 bits per heavy atom. The quantitative estimate of drug-likeness (QED) is 0.881. The minimum atomic E-state index is -0.375. The van der Waals surface area contributed by atoms with Crippen LogP contribution in [0.3, 0.4) is 0 Å². The highest BCUT2D eigenvalue weighted by molar-refractivity contribution is 5.89. The van der Waals surface area contributed by atoms with Gasteiger partial charge in [0.1, 0.15) is 0 Å². The highest BCUT2D eigenvalue weighted by atomic mass is 16.5. The zero-order valence-corrected chi connectivity index (χ0v) is 12.2. The van der Waals surface area contributed by atoms with Crippen LogP contribution in [0, 0.1) is 6.92 Å². The van der Waals surface area contributed by atoms with E-state index in [2.05, 4.69) is 41.4 Å². The van der Waals surface area contributed by atoms with Crippen LogP contribution < -0.4 is 0 Å². The highest BCUT2D eigenvalue weighted by Crippen LogP contribution is 2.31. The number of carbonyl (C=O) groups is 1. The maximum atomic E-state index is 11.9. The molecule has 1 aliphatic heterocycles. The summed E-state index contributed by atoms with van der Waals surface area (Å²) in [5, 5.41) is 6.95. The number of aromatic amines is 1. The maximum absolute atomic E-state index is 11.9. The van der Waals surface area contributed by atoms with E-state index in [4.69, 9.17) is 9.47 Å². The van der Waals surface area contributed by atoms with Crippen LogP contribution in [0.2, 0.25) is 0 Å². The van der Waals surface area contributed by atoms with E-state index in [1.807, 2.05) is 0 Å². The van der Waals surface area contributed by atoms with Crippen LogP contribution in [0.5, 0.6) is 0 Å². The van der Waals surface area contributed by atoms with Gasteiger partial charge in [-0.3, -0.25) is 5.10 Å². The standard InChI is InChI=1S/C16H18N2O3/c1-3-20-16(19)15-12-8-14(21-9-13(12)17-18-15)11-6-4-10(2)5-7-11/h4-7,14H,3,8-9H2,1-2H3,(H,17,18). The summed E-state index contributed by atoms with van der Waals surface area (Å²) in [4.78, 5) is 11.9. The Labute approximate surface area is 123 Å². The highest BCUT2D eigenvalue weighted by Gasteiger charge is 2.28. The average Bonchev–Trinajstić information content (AvgIpc) is 2.91. The SMILES string of the molecule is CCOC(=O)c1n[nH]c2c1CC(c1ccc(C)cc1)OC2. The first kappa shape index (κ1) is 13.8. The fraction of sp³-hybridized carbons (Fsp3) is 0.375. The molecule has 1 aliphatic rings. The van der Waals surface area contributed by atoms with Crippen molar-refractivity contribution in [3.8, 4) is 0 Å². The van der Waals surface area contributed by atoms with E-state index in [1.54, 1.807) is 6.92 Å². The molecule has 5 nitrogen and oxygen atoms in total. The molecule has 1 atom stereocenters. The van der Waals surface area contributed by atoms with E-state index in [-0.39, 0.29) is 12.1 Å². The monoisotopic (exact) mass is 286 g/mol. The van der Waals surface area contributed by atoms with Crippen molar-refractivity contribution in [3.05, 3.63) is 52.3 Å². The summed E-state index contributed by atoms with van der Waals surface area (Å²) >= 11 is 0. The molecule has 1 aromatic carbocycles. The van der Waals surface area contributed by atoms with E-state index in [0.717, 1.165) is 16.8 Å². The van der Waals surface area contributed by atoms with Gasteiger partial charge in [0.15, 0.2) is 5.69 Å². The van der Waals surface area contributed by atoms with Crippen LogP contribution in [-0.2, 0) is 22.5 Å². The first-order chi connectivity index (χ1) is 10.2. The molecular formula is C16H18N2O3. The topological polar surface area (TPSA) is 64.2 Å². The fourth-order valence-corrected chi connectivity index (χ4v) is 2.53. The van der Waals surface area contributed by atoms with Gasteiger partial charge in [-0.2, -0.15) is 5.10 Å². The molecule has 0 bridgehead atoms. The van der Waals surface area contributed by atoms with E-state index in [9.17, 15) is 4.79 Å². The molecule has 2 heterocycles. The lowest BCUT2D eigenvalue weighted by Crippen LogP contribution is -2.17. The molecule has 0 radical (unpaired) electrons. The fourth-order valence-electron chi connectivity index (χ4n) is 2.53. The van der Waals surface area contributed by atoms with Crippen LogP contribution in [-0.4, -0.2) is 22.8 Å². The van der Waals surface area contributed by atoms with Crippen molar-refractivity contribution in [2.24, 2.45) is 0 Å². The molecule has 1 aromatic heterocycles. The van der Waals surface area contributed by atoms with Crippen molar-refractivity contribution < 1.29 is 14.3 Å². The molecule has 110 valence electrons. The Bertz CT molecular complexity index is 646. The van der Waals surface area contributed by atoms with Gasteiger partial charge in [0.05, 0.1) is 25.0 Å². The van der Waals surface area contributed by atoms with Crippen LogP contribution in [0.15, 0.2) is 24.3 Å². The largest absolute Gasteiger partial charge is 0.461 e. The first-order valence-corrected chi connectivity index (χ1v) is 7.10. The number of esters is 1. The second-order valence-corrected chi connectivity index (χ2v) is 5.16. The molecule has 3 rings (SSSR count). The summed E-state index contributed by atoms with van der Waals surface area (Å²) < 4.78 is 10.9. The number of aromatic nitrogens is 2. The number of carbonyl (C=O) groups excluding carboxylic acids is 1. The van der Waals surface area contributed by atoms with Gasteiger partial charge in [-0.25, -0.2) is 4.79 Å². The van der Waals surface area contributed by atoms with Gasteiger partial charge in [0.25, 0.3) is 0 Å². The van der Waals surface area contributed by atoms with Crippen LogP contribution in [0.4, 0.5) is 0 Å². The average molecular weight is 286 g/mol. The number of nitrogens with zero attached hydrogens (tertiary/aromatic N) is 1. The summed E-state index contributed by atoms with van der Waals surface area (Å²) in [6, 6.07) is 8.26. The summed E-state index contributed by atoms with van der Waals surface area (Å²) in [5.74, 6) is -0.375. The molecule has 0 saturated carbocycles. The van der Waals surface area contributed by atoms with E-state index in [1.165, 1.54) is 5.56 Å². The van der Waals surface area contributed by atoms with Gasteiger partial charge in [-0.1, -0.05) is 29.8 Å². The summed E-state index contributed by atoms with van der Waals surface area (Å²) in [5.41, 5.74) is 4.48. The molecule has 1 unspecified atom stereocenters. The number of benzene rings is 1. The van der Waals surface area contributed by atoms with Crippen LogP contribution in [0.1, 0.15) is 45.9 Å². The Hall–Kier alpha value is -2.14. The Kier molecular flexibility index (Phi) is 3.75. The number of aryl methyl sites for hydroxylation is 1. The lowest BCUT2D eigenvalue weighted by Gasteiger charge is -2.23. The van der Waals surface area contributed by atoms with Crippen molar-refractivity contribution in [3.63, 3.8) is 0 Å². The van der Waals surface area contributed by atoms with E-state index in [0.29, 0.717) is 25.3 Å². The molecule has 2 aromatic rings. The van der Waals surface area contributed by atoms with Gasteiger partial charge in [-0.05, 0) is 19.4 Å². The van der Waals surface area contributed by atoms with Crippen molar-refractivity contribution in [2.45, 2.75) is 33.0 Å². The molecule has 5 heteroatoms. The zero-order valence-electron chi connectivity index (χ0n) is 12.2. The van der Waals surface area contributed by atoms with Gasteiger partial charge in [0.2, 0.25) is 0 Å².